The van der Waals surface area contributed by atoms with E-state index in [1.807, 2.05) is 18.3 Å². The molecule has 1 aromatic rings. The lowest BCUT2D eigenvalue weighted by Gasteiger charge is -2.13. The predicted octanol–water partition coefficient (Wildman–Crippen LogP) is 1.26. The first-order valence-electron chi connectivity index (χ1n) is 5.33. The maximum atomic E-state index is 8.36. The summed E-state index contributed by atoms with van der Waals surface area (Å²) in [6, 6.07) is 4.22. The minimum Gasteiger partial charge on any atom is -0.409 e. The number of amidine groups is 1. The fourth-order valence-electron chi connectivity index (χ4n) is 1.39. The van der Waals surface area contributed by atoms with E-state index >= 15 is 0 Å². The molecule has 1 atom stereocenters. The van der Waals surface area contributed by atoms with Gasteiger partial charge in [0.05, 0.1) is 0 Å². The first-order chi connectivity index (χ1) is 7.74. The van der Waals surface area contributed by atoms with Crippen molar-refractivity contribution in [3.8, 4) is 0 Å². The van der Waals surface area contributed by atoms with E-state index in [9.17, 15) is 0 Å². The van der Waals surface area contributed by atoms with Crippen molar-refractivity contribution >= 4 is 5.84 Å². The first kappa shape index (κ1) is 12.4. The van der Waals surface area contributed by atoms with Crippen molar-refractivity contribution < 1.29 is 5.21 Å². The van der Waals surface area contributed by atoms with Crippen LogP contribution in [0, 0.1) is 0 Å². The zero-order chi connectivity index (χ0) is 11.8. The second-order valence-electron chi connectivity index (χ2n) is 3.66. The Morgan fingerprint density at radius 3 is 3.12 bits per heavy atom. The van der Waals surface area contributed by atoms with Gasteiger partial charge in [0, 0.05) is 24.9 Å². The Bertz CT molecular complexity index is 326. The highest BCUT2D eigenvalue weighted by Gasteiger charge is 2.03. The molecule has 5 heteroatoms. The van der Waals surface area contributed by atoms with Crippen LogP contribution in [0.4, 0.5) is 0 Å². The summed E-state index contributed by atoms with van der Waals surface area (Å²) in [5.41, 5.74) is 6.52. The van der Waals surface area contributed by atoms with E-state index in [-0.39, 0.29) is 11.9 Å². The van der Waals surface area contributed by atoms with E-state index in [2.05, 4.69) is 22.4 Å². The Kier molecular flexibility index (Phi) is 5.28. The minimum atomic E-state index is 0.265. The van der Waals surface area contributed by atoms with Crippen LogP contribution in [-0.4, -0.2) is 22.6 Å². The molecule has 16 heavy (non-hydrogen) atoms. The minimum absolute atomic E-state index is 0.265. The van der Waals surface area contributed by atoms with E-state index in [4.69, 9.17) is 10.9 Å². The number of hydrogen-bond donors (Lipinski definition) is 3. The topological polar surface area (TPSA) is 83.5 Å². The number of nitrogens with one attached hydrogen (secondary N) is 1. The van der Waals surface area contributed by atoms with Crippen molar-refractivity contribution in [1.82, 2.24) is 10.3 Å². The van der Waals surface area contributed by atoms with E-state index in [0.29, 0.717) is 6.42 Å². The lowest BCUT2D eigenvalue weighted by atomic mass is 10.1. The molecule has 0 aliphatic carbocycles. The van der Waals surface area contributed by atoms with Crippen molar-refractivity contribution in [2.24, 2.45) is 10.9 Å². The first-order valence-corrected chi connectivity index (χ1v) is 5.33. The van der Waals surface area contributed by atoms with Crippen LogP contribution >= 0.6 is 0 Å². The van der Waals surface area contributed by atoms with Crippen LogP contribution in [0.25, 0.3) is 0 Å². The molecule has 0 unspecified atom stereocenters. The summed E-state index contributed by atoms with van der Waals surface area (Å²) in [7, 11) is 0. The third kappa shape index (κ3) is 4.27. The molecule has 0 radical (unpaired) electrons. The highest BCUT2D eigenvalue weighted by atomic mass is 16.4. The normalized spacial score (nSPS) is 13.7. The van der Waals surface area contributed by atoms with Gasteiger partial charge < -0.3 is 16.3 Å². The van der Waals surface area contributed by atoms with Crippen molar-refractivity contribution in [3.05, 3.63) is 30.1 Å². The molecule has 1 rings (SSSR count). The van der Waals surface area contributed by atoms with Crippen LogP contribution in [0.3, 0.4) is 0 Å². The van der Waals surface area contributed by atoms with Gasteiger partial charge in [-0.05, 0) is 31.5 Å². The molecule has 0 aliphatic rings. The molecule has 0 spiro atoms. The van der Waals surface area contributed by atoms with Crippen LogP contribution < -0.4 is 11.1 Å². The van der Waals surface area contributed by atoms with Gasteiger partial charge in [-0.1, -0.05) is 11.2 Å². The highest BCUT2D eigenvalue weighted by Crippen LogP contribution is 2.09. The number of hydrogen-bond acceptors (Lipinski definition) is 4. The quantitative estimate of drug-likeness (QED) is 0.222. The standard InChI is InChI=1S/C11H18N4O/c1-9(10-4-2-6-13-8-10)14-7-3-5-11(12)15-16/h2,4,6,8-9,14,16H,3,5,7H2,1H3,(H2,12,15)/t9-/m0/s1. The van der Waals surface area contributed by atoms with Gasteiger partial charge in [0.1, 0.15) is 5.84 Å². The molecule has 5 nitrogen and oxygen atoms in total. The summed E-state index contributed by atoms with van der Waals surface area (Å²) in [6.07, 6.45) is 5.06. The summed E-state index contributed by atoms with van der Waals surface area (Å²) in [5, 5.41) is 14.6. The smallest absolute Gasteiger partial charge is 0.139 e. The van der Waals surface area contributed by atoms with Gasteiger partial charge in [0.2, 0.25) is 0 Å². The van der Waals surface area contributed by atoms with Crippen molar-refractivity contribution in [1.29, 1.82) is 0 Å². The average Bonchev–Trinajstić information content (AvgIpc) is 2.35. The molecule has 0 saturated heterocycles. The van der Waals surface area contributed by atoms with Gasteiger partial charge in [0.25, 0.3) is 0 Å². The fraction of sp³-hybridized carbons (Fsp3) is 0.455. The molecular formula is C11H18N4O. The molecule has 0 aliphatic heterocycles. The summed E-state index contributed by atoms with van der Waals surface area (Å²) >= 11 is 0. The zero-order valence-corrected chi connectivity index (χ0v) is 9.43. The van der Waals surface area contributed by atoms with Gasteiger partial charge >= 0.3 is 0 Å². The van der Waals surface area contributed by atoms with Crippen LogP contribution in [0.1, 0.15) is 31.4 Å². The highest BCUT2D eigenvalue weighted by molar-refractivity contribution is 5.79. The van der Waals surface area contributed by atoms with Crippen LogP contribution in [0.15, 0.2) is 29.7 Å². The maximum absolute atomic E-state index is 8.36. The molecule has 88 valence electrons. The van der Waals surface area contributed by atoms with Gasteiger partial charge in [-0.25, -0.2) is 0 Å². The number of nitrogens with two attached hydrogens (primary N) is 1. The molecule has 0 aromatic carbocycles. The molecule has 0 fully saturated rings. The zero-order valence-electron chi connectivity index (χ0n) is 9.43. The number of pyridine rings is 1. The van der Waals surface area contributed by atoms with Crippen LogP contribution in [-0.2, 0) is 0 Å². The van der Waals surface area contributed by atoms with Crippen molar-refractivity contribution in [2.45, 2.75) is 25.8 Å². The maximum Gasteiger partial charge on any atom is 0.139 e. The largest absolute Gasteiger partial charge is 0.409 e. The molecule has 4 N–H and O–H groups in total. The predicted molar refractivity (Wildman–Crippen MR) is 63.3 cm³/mol. The Morgan fingerprint density at radius 1 is 1.69 bits per heavy atom. The van der Waals surface area contributed by atoms with E-state index in [1.54, 1.807) is 6.20 Å². The van der Waals surface area contributed by atoms with Gasteiger partial charge in [-0.15, -0.1) is 0 Å². The molecule has 0 bridgehead atoms. The SMILES string of the molecule is C[C@H](NCCC/C(N)=N/O)c1cccnc1. The van der Waals surface area contributed by atoms with Crippen molar-refractivity contribution in [3.63, 3.8) is 0 Å². The fourth-order valence-corrected chi connectivity index (χ4v) is 1.39. The van der Waals surface area contributed by atoms with Gasteiger partial charge in [-0.3, -0.25) is 4.98 Å². The Labute approximate surface area is 95.4 Å². The molecular weight excluding hydrogens is 204 g/mol. The summed E-state index contributed by atoms with van der Waals surface area (Å²) in [4.78, 5) is 4.06. The monoisotopic (exact) mass is 222 g/mol. The Balaban J connectivity index is 2.23. The summed E-state index contributed by atoms with van der Waals surface area (Å²) in [6.45, 7) is 2.91. The molecule has 1 aromatic heterocycles. The third-order valence-electron chi connectivity index (χ3n) is 2.37. The summed E-state index contributed by atoms with van der Waals surface area (Å²) < 4.78 is 0. The van der Waals surface area contributed by atoms with E-state index in [1.165, 1.54) is 0 Å². The van der Waals surface area contributed by atoms with Crippen LogP contribution in [0.2, 0.25) is 0 Å². The van der Waals surface area contributed by atoms with E-state index in [0.717, 1.165) is 18.5 Å². The second kappa shape index (κ2) is 6.79. The number of aromatic nitrogens is 1. The lowest BCUT2D eigenvalue weighted by Crippen LogP contribution is -2.21. The number of rotatable bonds is 6. The molecule has 0 amide bonds. The van der Waals surface area contributed by atoms with E-state index < -0.39 is 0 Å². The average molecular weight is 222 g/mol. The Morgan fingerprint density at radius 2 is 2.50 bits per heavy atom. The van der Waals surface area contributed by atoms with Gasteiger partial charge in [0.15, 0.2) is 0 Å². The number of nitrogens with zero attached hydrogens (tertiary/aromatic N) is 2. The van der Waals surface area contributed by atoms with Gasteiger partial charge in [-0.2, -0.15) is 0 Å². The van der Waals surface area contributed by atoms with Crippen LogP contribution in [0.5, 0.6) is 0 Å². The summed E-state index contributed by atoms with van der Waals surface area (Å²) in [5.74, 6) is 0.274. The van der Waals surface area contributed by atoms with Crippen molar-refractivity contribution in [2.75, 3.05) is 6.54 Å². The number of oxime groups is 1. The molecule has 0 saturated carbocycles. The Hall–Kier alpha value is -1.62. The second-order valence-corrected chi connectivity index (χ2v) is 3.66. The third-order valence-corrected chi connectivity index (χ3v) is 2.37. The lowest BCUT2D eigenvalue weighted by molar-refractivity contribution is 0.316. The molecule has 1 heterocycles.